The summed E-state index contributed by atoms with van der Waals surface area (Å²) >= 11 is 0. The first-order valence-corrected chi connectivity index (χ1v) is 6.71. The number of hydrogen-bond acceptors (Lipinski definition) is 3. The van der Waals surface area contributed by atoms with Gasteiger partial charge in [0, 0.05) is 17.4 Å². The molecule has 0 aliphatic carbocycles. The highest BCUT2D eigenvalue weighted by Crippen LogP contribution is 2.18. The Morgan fingerprint density at radius 3 is 2.35 bits per heavy atom. The molecule has 0 aliphatic rings. The molecule has 2 N–H and O–H groups in total. The van der Waals surface area contributed by atoms with Gasteiger partial charge in [0.15, 0.2) is 6.61 Å². The highest BCUT2D eigenvalue weighted by Gasteiger charge is 2.15. The maximum absolute atomic E-state index is 12.2. The number of rotatable bonds is 6. The van der Waals surface area contributed by atoms with Gasteiger partial charge in [-0.3, -0.25) is 9.59 Å². The molecule has 0 saturated carbocycles. The van der Waals surface area contributed by atoms with Gasteiger partial charge in [-0.15, -0.1) is 0 Å². The maximum Gasteiger partial charge on any atom is 0.315 e. The normalized spacial score (nSPS) is 10.2. The molecule has 5 nitrogen and oxygen atoms in total. The van der Waals surface area contributed by atoms with Gasteiger partial charge in [-0.2, -0.15) is 8.78 Å². The van der Waals surface area contributed by atoms with E-state index in [1.165, 1.54) is 18.2 Å². The van der Waals surface area contributed by atoms with E-state index in [2.05, 4.69) is 5.32 Å². The van der Waals surface area contributed by atoms with Crippen molar-refractivity contribution in [3.8, 4) is 5.75 Å². The predicted molar refractivity (Wildman–Crippen MR) is 81.6 cm³/mol. The van der Waals surface area contributed by atoms with E-state index >= 15 is 0 Å². The van der Waals surface area contributed by atoms with Crippen molar-refractivity contribution in [1.82, 2.24) is 0 Å². The molecule has 2 rings (SSSR count). The fraction of sp³-hybridized carbons (Fsp3) is 0.125. The molecule has 0 aliphatic heterocycles. The van der Waals surface area contributed by atoms with Crippen molar-refractivity contribution in [3.63, 3.8) is 0 Å². The molecule has 23 heavy (non-hydrogen) atoms. The second kappa shape index (κ2) is 7.88. The molecule has 0 saturated heterocycles. The van der Waals surface area contributed by atoms with Crippen LogP contribution in [0.1, 0.15) is 0 Å². The Labute approximate surface area is 131 Å². The number of para-hydroxylation sites is 1. The van der Waals surface area contributed by atoms with Gasteiger partial charge in [0.25, 0.3) is 11.8 Å². The number of nitrogens with one attached hydrogen (secondary N) is 2. The SMILES string of the molecule is O=C(COc1cccc(NC(=O)C(F)F)c1)Nc1ccccc1. The number of carbonyl (C=O) groups is 2. The minimum absolute atomic E-state index is 0.163. The third-order valence-corrected chi connectivity index (χ3v) is 2.73. The molecule has 0 unspecified atom stereocenters. The van der Waals surface area contributed by atoms with Crippen molar-refractivity contribution in [2.45, 2.75) is 6.43 Å². The Kier molecular flexibility index (Phi) is 5.62. The van der Waals surface area contributed by atoms with E-state index in [0.717, 1.165) is 0 Å². The van der Waals surface area contributed by atoms with Crippen LogP contribution in [-0.2, 0) is 9.59 Å². The van der Waals surface area contributed by atoms with Crippen LogP contribution in [0.4, 0.5) is 20.2 Å². The van der Waals surface area contributed by atoms with Gasteiger partial charge in [-0.1, -0.05) is 24.3 Å². The minimum atomic E-state index is -3.10. The Bertz CT molecular complexity index is 678. The van der Waals surface area contributed by atoms with Gasteiger partial charge in [0.1, 0.15) is 5.75 Å². The highest BCUT2D eigenvalue weighted by molar-refractivity contribution is 5.93. The molecule has 0 aromatic heterocycles. The monoisotopic (exact) mass is 320 g/mol. The van der Waals surface area contributed by atoms with E-state index in [4.69, 9.17) is 4.74 Å². The lowest BCUT2D eigenvalue weighted by Gasteiger charge is -2.09. The molecular formula is C16H14F2N2O3. The summed E-state index contributed by atoms with van der Waals surface area (Å²) in [6, 6.07) is 14.7. The predicted octanol–water partition coefficient (Wildman–Crippen LogP) is 2.91. The van der Waals surface area contributed by atoms with Gasteiger partial charge in [-0.05, 0) is 24.3 Å². The first-order chi connectivity index (χ1) is 11.0. The van der Waals surface area contributed by atoms with Gasteiger partial charge in [0.05, 0.1) is 0 Å². The molecule has 0 heterocycles. The molecule has 0 radical (unpaired) electrons. The summed E-state index contributed by atoms with van der Waals surface area (Å²) in [7, 11) is 0. The molecule has 0 spiro atoms. The van der Waals surface area contributed by atoms with Gasteiger partial charge >= 0.3 is 6.43 Å². The van der Waals surface area contributed by atoms with E-state index in [9.17, 15) is 18.4 Å². The van der Waals surface area contributed by atoms with E-state index in [1.807, 2.05) is 11.4 Å². The van der Waals surface area contributed by atoms with Crippen molar-refractivity contribution in [1.29, 1.82) is 0 Å². The molecule has 120 valence electrons. The topological polar surface area (TPSA) is 67.4 Å². The molecule has 0 fully saturated rings. The molecule has 0 bridgehead atoms. The lowest BCUT2D eigenvalue weighted by atomic mass is 10.3. The van der Waals surface area contributed by atoms with E-state index in [0.29, 0.717) is 5.69 Å². The van der Waals surface area contributed by atoms with Crippen molar-refractivity contribution >= 4 is 23.2 Å². The standard InChI is InChI=1S/C16H14F2N2O3/c17-15(18)16(22)20-12-7-4-8-13(9-12)23-10-14(21)19-11-5-2-1-3-6-11/h1-9,15H,10H2,(H,19,21)(H,20,22). The highest BCUT2D eigenvalue weighted by atomic mass is 19.3. The first kappa shape index (κ1) is 16.4. The summed E-state index contributed by atoms with van der Waals surface area (Å²) in [5.74, 6) is -1.48. The van der Waals surface area contributed by atoms with Crippen LogP contribution in [0.25, 0.3) is 0 Å². The number of amides is 2. The quantitative estimate of drug-likeness (QED) is 0.860. The van der Waals surface area contributed by atoms with Crippen LogP contribution < -0.4 is 15.4 Å². The Morgan fingerprint density at radius 1 is 0.957 bits per heavy atom. The second-order valence-electron chi connectivity index (χ2n) is 4.52. The summed E-state index contributed by atoms with van der Waals surface area (Å²) in [5, 5.41) is 4.68. The number of anilines is 2. The van der Waals surface area contributed by atoms with Crippen molar-refractivity contribution < 1.29 is 23.1 Å². The van der Waals surface area contributed by atoms with E-state index in [-0.39, 0.29) is 24.0 Å². The van der Waals surface area contributed by atoms with Crippen LogP contribution in [0.5, 0.6) is 5.75 Å². The van der Waals surface area contributed by atoms with Gasteiger partial charge < -0.3 is 15.4 Å². The molecule has 0 atom stereocenters. The fourth-order valence-electron chi connectivity index (χ4n) is 1.73. The fourth-order valence-corrected chi connectivity index (χ4v) is 1.73. The zero-order chi connectivity index (χ0) is 16.7. The Hall–Kier alpha value is -2.96. The summed E-state index contributed by atoms with van der Waals surface area (Å²) in [5.41, 5.74) is 0.801. The molecule has 2 aromatic carbocycles. The maximum atomic E-state index is 12.2. The van der Waals surface area contributed by atoms with Gasteiger partial charge in [0.2, 0.25) is 0 Å². The summed E-state index contributed by atoms with van der Waals surface area (Å²) in [6.07, 6.45) is -3.10. The number of halogens is 2. The third-order valence-electron chi connectivity index (χ3n) is 2.73. The first-order valence-electron chi connectivity index (χ1n) is 6.71. The van der Waals surface area contributed by atoms with Crippen LogP contribution in [0, 0.1) is 0 Å². The third kappa shape index (κ3) is 5.39. The smallest absolute Gasteiger partial charge is 0.315 e. The number of carbonyl (C=O) groups excluding carboxylic acids is 2. The number of alkyl halides is 2. The van der Waals surface area contributed by atoms with Crippen LogP contribution in [0.3, 0.4) is 0 Å². The molecule has 2 amide bonds. The summed E-state index contributed by atoms with van der Waals surface area (Å²) in [6.45, 7) is -0.249. The minimum Gasteiger partial charge on any atom is -0.484 e. The Balaban J connectivity index is 1.88. The molecule has 7 heteroatoms. The molecule has 2 aromatic rings. The zero-order valence-corrected chi connectivity index (χ0v) is 12.0. The van der Waals surface area contributed by atoms with Crippen LogP contribution in [0.15, 0.2) is 54.6 Å². The van der Waals surface area contributed by atoms with Crippen LogP contribution in [-0.4, -0.2) is 24.8 Å². The summed E-state index contributed by atoms with van der Waals surface area (Å²) < 4.78 is 29.6. The average Bonchev–Trinajstić information content (AvgIpc) is 2.54. The van der Waals surface area contributed by atoms with E-state index in [1.54, 1.807) is 30.3 Å². The van der Waals surface area contributed by atoms with Crippen LogP contribution >= 0.6 is 0 Å². The largest absolute Gasteiger partial charge is 0.484 e. The zero-order valence-electron chi connectivity index (χ0n) is 12.0. The van der Waals surface area contributed by atoms with E-state index < -0.39 is 12.3 Å². The molecular weight excluding hydrogens is 306 g/mol. The average molecular weight is 320 g/mol. The van der Waals surface area contributed by atoms with Crippen molar-refractivity contribution in [2.75, 3.05) is 17.2 Å². The Morgan fingerprint density at radius 2 is 1.65 bits per heavy atom. The number of benzene rings is 2. The van der Waals surface area contributed by atoms with Crippen LogP contribution in [0.2, 0.25) is 0 Å². The lowest BCUT2D eigenvalue weighted by Crippen LogP contribution is -2.21. The van der Waals surface area contributed by atoms with Crippen molar-refractivity contribution in [3.05, 3.63) is 54.6 Å². The number of ether oxygens (including phenoxy) is 1. The number of hydrogen-bond donors (Lipinski definition) is 2. The lowest BCUT2D eigenvalue weighted by molar-refractivity contribution is -0.126. The van der Waals surface area contributed by atoms with Gasteiger partial charge in [-0.25, -0.2) is 0 Å². The summed E-state index contributed by atoms with van der Waals surface area (Å²) in [4.78, 5) is 22.7. The van der Waals surface area contributed by atoms with Crippen molar-refractivity contribution in [2.24, 2.45) is 0 Å². The second-order valence-corrected chi connectivity index (χ2v) is 4.52.